The van der Waals surface area contributed by atoms with E-state index >= 15 is 0 Å². The molecule has 0 radical (unpaired) electrons. The molecule has 4 rings (SSSR count). The highest BCUT2D eigenvalue weighted by Gasteiger charge is 2.34. The molecule has 1 atom stereocenters. The second kappa shape index (κ2) is 7.26. The molecular formula is C21H20N4O3. The molecule has 0 saturated carbocycles. The SMILES string of the molecule is CC1CN(C(=O)c2ccccc2)CCN1C(=O)C(=O)c1cnc2ccccn12. The number of hydrogen-bond acceptors (Lipinski definition) is 4. The number of fused-ring (bicyclic) bond motifs is 1. The summed E-state index contributed by atoms with van der Waals surface area (Å²) in [6.45, 7) is 2.95. The van der Waals surface area contributed by atoms with E-state index in [9.17, 15) is 14.4 Å². The van der Waals surface area contributed by atoms with Gasteiger partial charge < -0.3 is 9.80 Å². The van der Waals surface area contributed by atoms with Gasteiger partial charge in [-0.25, -0.2) is 4.98 Å². The number of carbonyl (C=O) groups is 3. The van der Waals surface area contributed by atoms with Crippen LogP contribution in [-0.4, -0.2) is 62.5 Å². The summed E-state index contributed by atoms with van der Waals surface area (Å²) in [5, 5.41) is 0. The van der Waals surface area contributed by atoms with E-state index < -0.39 is 11.7 Å². The van der Waals surface area contributed by atoms with Gasteiger partial charge in [0.15, 0.2) is 0 Å². The Balaban J connectivity index is 1.48. The highest BCUT2D eigenvalue weighted by atomic mass is 16.2. The Kier molecular flexibility index (Phi) is 4.65. The Morgan fingerprint density at radius 3 is 2.50 bits per heavy atom. The maximum Gasteiger partial charge on any atom is 0.296 e. The van der Waals surface area contributed by atoms with Gasteiger partial charge in [0.2, 0.25) is 0 Å². The fraction of sp³-hybridized carbons (Fsp3) is 0.238. The molecule has 1 saturated heterocycles. The number of carbonyl (C=O) groups excluding carboxylic acids is 3. The van der Waals surface area contributed by atoms with E-state index in [1.165, 1.54) is 6.20 Å². The first-order valence-electron chi connectivity index (χ1n) is 9.18. The third-order valence-corrected chi connectivity index (χ3v) is 5.04. The zero-order valence-corrected chi connectivity index (χ0v) is 15.5. The average Bonchev–Trinajstić information content (AvgIpc) is 3.17. The number of imidazole rings is 1. The summed E-state index contributed by atoms with van der Waals surface area (Å²) in [5.41, 5.74) is 1.48. The number of Topliss-reactive ketones (excluding diaryl/α,β-unsaturated/α-hetero) is 1. The van der Waals surface area contributed by atoms with Crippen LogP contribution in [0, 0.1) is 0 Å². The first kappa shape index (κ1) is 17.9. The van der Waals surface area contributed by atoms with Crippen LogP contribution in [0.1, 0.15) is 27.8 Å². The minimum absolute atomic E-state index is 0.0624. The maximum atomic E-state index is 12.8. The molecule has 1 unspecified atom stereocenters. The molecule has 3 aromatic rings. The van der Waals surface area contributed by atoms with Crippen molar-refractivity contribution in [2.45, 2.75) is 13.0 Å². The Hall–Kier alpha value is -3.48. The number of piperazine rings is 1. The van der Waals surface area contributed by atoms with Crippen LogP contribution in [-0.2, 0) is 4.79 Å². The summed E-state index contributed by atoms with van der Waals surface area (Å²) in [6.07, 6.45) is 3.14. The number of ketones is 1. The fourth-order valence-electron chi connectivity index (χ4n) is 3.55. The van der Waals surface area contributed by atoms with Crippen molar-refractivity contribution in [3.63, 3.8) is 0 Å². The molecule has 1 fully saturated rings. The minimum atomic E-state index is -0.589. The third-order valence-electron chi connectivity index (χ3n) is 5.04. The number of rotatable bonds is 3. The molecular weight excluding hydrogens is 356 g/mol. The highest BCUT2D eigenvalue weighted by molar-refractivity contribution is 6.42. The molecule has 1 aliphatic heterocycles. The van der Waals surface area contributed by atoms with Gasteiger partial charge in [0, 0.05) is 37.4 Å². The van der Waals surface area contributed by atoms with Crippen LogP contribution >= 0.6 is 0 Å². The highest BCUT2D eigenvalue weighted by Crippen LogP contribution is 2.16. The summed E-state index contributed by atoms with van der Waals surface area (Å²) in [7, 11) is 0. The van der Waals surface area contributed by atoms with Crippen LogP contribution in [0.5, 0.6) is 0 Å². The smallest absolute Gasteiger partial charge is 0.296 e. The van der Waals surface area contributed by atoms with Gasteiger partial charge >= 0.3 is 0 Å². The number of pyridine rings is 1. The lowest BCUT2D eigenvalue weighted by Gasteiger charge is -2.39. The van der Waals surface area contributed by atoms with Gasteiger partial charge in [-0.1, -0.05) is 24.3 Å². The van der Waals surface area contributed by atoms with E-state index in [0.29, 0.717) is 30.8 Å². The number of hydrogen-bond donors (Lipinski definition) is 0. The van der Waals surface area contributed by atoms with Crippen molar-refractivity contribution in [2.75, 3.05) is 19.6 Å². The molecule has 7 nitrogen and oxygen atoms in total. The Morgan fingerprint density at radius 1 is 1.00 bits per heavy atom. The Morgan fingerprint density at radius 2 is 1.75 bits per heavy atom. The van der Waals surface area contributed by atoms with Crippen molar-refractivity contribution < 1.29 is 14.4 Å². The second-order valence-corrected chi connectivity index (χ2v) is 6.87. The normalized spacial score (nSPS) is 17.0. The van der Waals surface area contributed by atoms with Gasteiger partial charge in [-0.15, -0.1) is 0 Å². The number of aromatic nitrogens is 2. The van der Waals surface area contributed by atoms with E-state index in [4.69, 9.17) is 0 Å². The van der Waals surface area contributed by atoms with Crippen molar-refractivity contribution >= 4 is 23.2 Å². The van der Waals surface area contributed by atoms with Gasteiger partial charge in [0.1, 0.15) is 11.3 Å². The molecule has 28 heavy (non-hydrogen) atoms. The summed E-state index contributed by atoms with van der Waals surface area (Å²) < 4.78 is 1.61. The minimum Gasteiger partial charge on any atom is -0.335 e. The van der Waals surface area contributed by atoms with Crippen LogP contribution in [0.15, 0.2) is 60.9 Å². The second-order valence-electron chi connectivity index (χ2n) is 6.87. The van der Waals surface area contributed by atoms with Crippen LogP contribution in [0.3, 0.4) is 0 Å². The predicted octanol–water partition coefficient (Wildman–Crippen LogP) is 1.89. The molecule has 2 aromatic heterocycles. The van der Waals surface area contributed by atoms with E-state index in [2.05, 4.69) is 4.98 Å². The summed E-state index contributed by atoms with van der Waals surface area (Å²) in [6, 6.07) is 14.2. The van der Waals surface area contributed by atoms with Crippen molar-refractivity contribution in [2.24, 2.45) is 0 Å². The van der Waals surface area contributed by atoms with E-state index in [-0.39, 0.29) is 17.6 Å². The molecule has 0 aliphatic carbocycles. The molecule has 0 spiro atoms. The number of nitrogens with zero attached hydrogens (tertiary/aromatic N) is 4. The molecule has 0 N–H and O–H groups in total. The van der Waals surface area contributed by atoms with Crippen molar-refractivity contribution in [3.05, 3.63) is 72.2 Å². The topological polar surface area (TPSA) is 75.0 Å². The predicted molar refractivity (Wildman–Crippen MR) is 103 cm³/mol. The lowest BCUT2D eigenvalue weighted by Crippen LogP contribution is -2.56. The summed E-state index contributed by atoms with van der Waals surface area (Å²) in [5.74, 6) is -1.22. The Labute approximate surface area is 162 Å². The lowest BCUT2D eigenvalue weighted by molar-refractivity contribution is -0.130. The lowest BCUT2D eigenvalue weighted by atomic mass is 10.1. The first-order chi connectivity index (χ1) is 13.6. The largest absolute Gasteiger partial charge is 0.335 e. The van der Waals surface area contributed by atoms with E-state index in [1.54, 1.807) is 44.7 Å². The van der Waals surface area contributed by atoms with Crippen molar-refractivity contribution in [1.82, 2.24) is 19.2 Å². The summed E-state index contributed by atoms with van der Waals surface area (Å²) >= 11 is 0. The molecule has 2 amide bonds. The molecule has 7 heteroatoms. The van der Waals surface area contributed by atoms with Crippen molar-refractivity contribution in [1.29, 1.82) is 0 Å². The van der Waals surface area contributed by atoms with Crippen LogP contribution < -0.4 is 0 Å². The van der Waals surface area contributed by atoms with Crippen LogP contribution in [0.2, 0.25) is 0 Å². The molecule has 142 valence electrons. The molecule has 1 aliphatic rings. The standard InChI is InChI=1S/C21H20N4O3/c1-15-14-23(20(27)16-7-3-2-4-8-16)11-12-24(15)21(28)19(26)17-13-22-18-9-5-6-10-25(17)18/h2-10,13,15H,11-12,14H2,1H3. The van der Waals surface area contributed by atoms with E-state index in [0.717, 1.165) is 0 Å². The van der Waals surface area contributed by atoms with Crippen LogP contribution in [0.25, 0.3) is 5.65 Å². The monoisotopic (exact) mass is 376 g/mol. The zero-order chi connectivity index (χ0) is 19.7. The zero-order valence-electron chi connectivity index (χ0n) is 15.5. The number of benzene rings is 1. The first-order valence-corrected chi connectivity index (χ1v) is 9.18. The van der Waals surface area contributed by atoms with Gasteiger partial charge in [0.05, 0.1) is 6.20 Å². The van der Waals surface area contributed by atoms with Gasteiger partial charge in [-0.3, -0.25) is 18.8 Å². The third kappa shape index (κ3) is 3.15. The fourth-order valence-corrected chi connectivity index (χ4v) is 3.55. The molecule has 1 aromatic carbocycles. The van der Waals surface area contributed by atoms with Crippen LogP contribution in [0.4, 0.5) is 0 Å². The van der Waals surface area contributed by atoms with Crippen molar-refractivity contribution in [3.8, 4) is 0 Å². The van der Waals surface area contributed by atoms with E-state index in [1.807, 2.05) is 31.2 Å². The van der Waals surface area contributed by atoms with Gasteiger partial charge in [0.25, 0.3) is 17.6 Å². The van der Waals surface area contributed by atoms with Gasteiger partial charge in [-0.2, -0.15) is 0 Å². The molecule has 3 heterocycles. The average molecular weight is 376 g/mol. The summed E-state index contributed by atoms with van der Waals surface area (Å²) in [4.78, 5) is 45.7. The molecule has 0 bridgehead atoms. The Bertz CT molecular complexity index is 1040. The quantitative estimate of drug-likeness (QED) is 0.517. The van der Waals surface area contributed by atoms with Gasteiger partial charge in [-0.05, 0) is 31.2 Å². The maximum absolute atomic E-state index is 12.8. The number of amides is 2.